The van der Waals surface area contributed by atoms with Gasteiger partial charge >= 0.3 is 5.97 Å². The number of esters is 1. The van der Waals surface area contributed by atoms with E-state index < -0.39 is 22.4 Å². The first-order valence-corrected chi connectivity index (χ1v) is 9.53. The highest BCUT2D eigenvalue weighted by atomic mass is 79.9. The van der Waals surface area contributed by atoms with E-state index >= 15 is 0 Å². The summed E-state index contributed by atoms with van der Waals surface area (Å²) in [5.41, 5.74) is 0.0862. The predicted octanol–water partition coefficient (Wildman–Crippen LogP) is 2.95. The summed E-state index contributed by atoms with van der Waals surface area (Å²) < 4.78 is 28.6. The molecule has 0 aliphatic rings. The molecule has 0 radical (unpaired) electrons. The first-order chi connectivity index (χ1) is 10.3. The Hall–Kier alpha value is -1.51. The smallest absolute Gasteiger partial charge is 0.338 e. The predicted molar refractivity (Wildman–Crippen MR) is 86.2 cm³/mol. The lowest BCUT2D eigenvalue weighted by atomic mass is 10.2. The van der Waals surface area contributed by atoms with Gasteiger partial charge in [0.05, 0.1) is 19.1 Å². The van der Waals surface area contributed by atoms with Crippen LogP contribution in [-0.4, -0.2) is 33.0 Å². The number of carbonyl (C=O) groups is 2. The maximum absolute atomic E-state index is 11.9. The Morgan fingerprint density at radius 1 is 1.23 bits per heavy atom. The third kappa shape index (κ3) is 4.25. The van der Waals surface area contributed by atoms with E-state index in [1.54, 1.807) is 12.1 Å². The standard InChI is InChI=1S/C14H11BrO5S2/c1-22(18,19)10-4-2-3-9(7-10)14(17)20-8-11(16)12-5-6-13(15)21-12/h2-7H,8H2,1H3. The molecule has 1 aromatic carbocycles. The SMILES string of the molecule is CS(=O)(=O)c1cccc(C(=O)OCC(=O)c2ccc(Br)s2)c1. The fourth-order valence-corrected chi connectivity index (χ4v) is 3.58. The first kappa shape index (κ1) is 16.9. The van der Waals surface area contributed by atoms with Gasteiger partial charge in [0, 0.05) is 6.26 Å². The molecule has 0 unspecified atom stereocenters. The van der Waals surface area contributed by atoms with Gasteiger partial charge in [-0.15, -0.1) is 11.3 Å². The maximum atomic E-state index is 11.9. The second kappa shape index (κ2) is 6.72. The van der Waals surface area contributed by atoms with E-state index in [1.807, 2.05) is 0 Å². The third-order valence-corrected chi connectivity index (χ3v) is 5.46. The summed E-state index contributed by atoms with van der Waals surface area (Å²) in [6.07, 6.45) is 1.05. The van der Waals surface area contributed by atoms with Gasteiger partial charge in [0.25, 0.3) is 0 Å². The molecular formula is C14H11BrO5S2. The molecule has 0 bridgehead atoms. The van der Waals surface area contributed by atoms with E-state index in [-0.39, 0.29) is 16.2 Å². The number of hydrogen-bond donors (Lipinski definition) is 0. The Labute approximate surface area is 140 Å². The molecule has 8 heteroatoms. The van der Waals surface area contributed by atoms with Gasteiger partial charge in [-0.3, -0.25) is 4.79 Å². The number of sulfone groups is 1. The normalized spacial score (nSPS) is 11.2. The van der Waals surface area contributed by atoms with Crippen LogP contribution in [0, 0.1) is 0 Å². The molecule has 2 rings (SSSR count). The molecule has 22 heavy (non-hydrogen) atoms. The average molecular weight is 403 g/mol. The molecule has 0 spiro atoms. The summed E-state index contributed by atoms with van der Waals surface area (Å²) >= 11 is 4.49. The van der Waals surface area contributed by atoms with Crippen molar-refractivity contribution in [2.75, 3.05) is 12.9 Å². The number of ether oxygens (including phenoxy) is 1. The van der Waals surface area contributed by atoms with E-state index in [9.17, 15) is 18.0 Å². The molecule has 0 atom stereocenters. The van der Waals surface area contributed by atoms with Crippen molar-refractivity contribution in [3.05, 3.63) is 50.6 Å². The molecule has 0 amide bonds. The number of halogens is 1. The minimum atomic E-state index is -3.41. The lowest BCUT2D eigenvalue weighted by molar-refractivity contribution is 0.0475. The quantitative estimate of drug-likeness (QED) is 0.567. The van der Waals surface area contributed by atoms with Crippen molar-refractivity contribution in [3.63, 3.8) is 0 Å². The second-order valence-electron chi connectivity index (χ2n) is 4.40. The van der Waals surface area contributed by atoms with E-state index in [4.69, 9.17) is 4.74 Å². The molecular weight excluding hydrogens is 392 g/mol. The number of rotatable bonds is 5. The number of hydrogen-bond acceptors (Lipinski definition) is 6. The minimum absolute atomic E-state index is 0.0236. The first-order valence-electron chi connectivity index (χ1n) is 6.03. The van der Waals surface area contributed by atoms with Gasteiger partial charge < -0.3 is 4.74 Å². The lowest BCUT2D eigenvalue weighted by Gasteiger charge is -2.05. The summed E-state index contributed by atoms with van der Waals surface area (Å²) in [6.45, 7) is -0.394. The van der Waals surface area contributed by atoms with Crippen molar-refractivity contribution in [2.24, 2.45) is 0 Å². The Morgan fingerprint density at radius 3 is 2.55 bits per heavy atom. The van der Waals surface area contributed by atoms with Crippen molar-refractivity contribution in [3.8, 4) is 0 Å². The monoisotopic (exact) mass is 402 g/mol. The van der Waals surface area contributed by atoms with Gasteiger partial charge in [-0.25, -0.2) is 13.2 Å². The Kier molecular flexibility index (Phi) is 5.15. The van der Waals surface area contributed by atoms with Crippen molar-refractivity contribution in [1.82, 2.24) is 0 Å². The van der Waals surface area contributed by atoms with Gasteiger partial charge in [-0.1, -0.05) is 6.07 Å². The van der Waals surface area contributed by atoms with Crippen LogP contribution in [0.4, 0.5) is 0 Å². The number of Topliss-reactive ketones (excluding diaryl/α,β-unsaturated/α-hetero) is 1. The average Bonchev–Trinajstić information content (AvgIpc) is 2.90. The van der Waals surface area contributed by atoms with Gasteiger partial charge in [0.2, 0.25) is 5.78 Å². The molecule has 116 valence electrons. The molecule has 2 aromatic rings. The zero-order valence-electron chi connectivity index (χ0n) is 11.4. The van der Waals surface area contributed by atoms with E-state index in [1.165, 1.54) is 35.6 Å². The molecule has 5 nitrogen and oxygen atoms in total. The molecule has 1 heterocycles. The van der Waals surface area contributed by atoms with Crippen LogP contribution in [0.25, 0.3) is 0 Å². The maximum Gasteiger partial charge on any atom is 0.338 e. The zero-order valence-corrected chi connectivity index (χ0v) is 14.6. The van der Waals surface area contributed by atoms with Gasteiger partial charge in [0.1, 0.15) is 0 Å². The Morgan fingerprint density at radius 2 is 1.95 bits per heavy atom. The van der Waals surface area contributed by atoms with Crippen molar-refractivity contribution in [2.45, 2.75) is 4.90 Å². The van der Waals surface area contributed by atoms with Crippen LogP contribution in [0.2, 0.25) is 0 Å². The van der Waals surface area contributed by atoms with Gasteiger partial charge in [0.15, 0.2) is 16.4 Å². The number of carbonyl (C=O) groups excluding carboxylic acids is 2. The van der Waals surface area contributed by atoms with Crippen LogP contribution >= 0.6 is 27.3 Å². The topological polar surface area (TPSA) is 77.5 Å². The Bertz CT molecular complexity index is 823. The summed E-state index contributed by atoms with van der Waals surface area (Å²) in [5.74, 6) is -1.06. The summed E-state index contributed by atoms with van der Waals surface area (Å²) in [5, 5.41) is 0. The zero-order chi connectivity index (χ0) is 16.3. The fourth-order valence-electron chi connectivity index (χ4n) is 1.60. The Balaban J connectivity index is 2.05. The largest absolute Gasteiger partial charge is 0.454 e. The van der Waals surface area contributed by atoms with Crippen LogP contribution in [0.1, 0.15) is 20.0 Å². The second-order valence-corrected chi connectivity index (χ2v) is 8.88. The van der Waals surface area contributed by atoms with Crippen LogP contribution in [0.5, 0.6) is 0 Å². The molecule has 0 aliphatic carbocycles. The molecule has 0 fully saturated rings. The molecule has 0 saturated carbocycles. The molecule has 0 aliphatic heterocycles. The van der Waals surface area contributed by atoms with Gasteiger partial charge in [-0.2, -0.15) is 0 Å². The summed E-state index contributed by atoms with van der Waals surface area (Å²) in [4.78, 5) is 24.2. The van der Waals surface area contributed by atoms with Crippen LogP contribution in [0.3, 0.4) is 0 Å². The minimum Gasteiger partial charge on any atom is -0.454 e. The van der Waals surface area contributed by atoms with Crippen molar-refractivity contribution in [1.29, 1.82) is 0 Å². The number of benzene rings is 1. The molecule has 0 N–H and O–H groups in total. The van der Waals surface area contributed by atoms with Crippen molar-refractivity contribution < 1.29 is 22.7 Å². The van der Waals surface area contributed by atoms with Crippen LogP contribution in [-0.2, 0) is 14.6 Å². The van der Waals surface area contributed by atoms with E-state index in [2.05, 4.69) is 15.9 Å². The fraction of sp³-hybridized carbons (Fsp3) is 0.143. The highest BCUT2D eigenvalue weighted by Gasteiger charge is 2.15. The molecule has 0 saturated heterocycles. The van der Waals surface area contributed by atoms with Crippen LogP contribution in [0.15, 0.2) is 45.1 Å². The van der Waals surface area contributed by atoms with Crippen molar-refractivity contribution >= 4 is 48.9 Å². The highest BCUT2D eigenvalue weighted by molar-refractivity contribution is 9.11. The third-order valence-electron chi connectivity index (χ3n) is 2.68. The molecule has 1 aromatic heterocycles. The summed E-state index contributed by atoms with van der Waals surface area (Å²) in [6, 6.07) is 8.86. The number of ketones is 1. The van der Waals surface area contributed by atoms with Crippen LogP contribution < -0.4 is 0 Å². The highest BCUT2D eigenvalue weighted by Crippen LogP contribution is 2.22. The lowest BCUT2D eigenvalue weighted by Crippen LogP contribution is -2.13. The van der Waals surface area contributed by atoms with E-state index in [0.29, 0.717) is 4.88 Å². The van der Waals surface area contributed by atoms with E-state index in [0.717, 1.165) is 10.0 Å². The number of thiophene rings is 1. The summed E-state index contributed by atoms with van der Waals surface area (Å²) in [7, 11) is -3.41. The van der Waals surface area contributed by atoms with Gasteiger partial charge in [-0.05, 0) is 46.3 Å².